The molecule has 0 aliphatic carbocycles. The third-order valence-electron chi connectivity index (χ3n) is 5.62. The molecule has 1 atom stereocenters. The smallest absolute Gasteiger partial charge is 0.251 e. The molecule has 1 aromatic carbocycles. The van der Waals surface area contributed by atoms with Crippen LogP contribution in [0.25, 0.3) is 0 Å². The first kappa shape index (κ1) is 17.8. The number of nitrogens with zero attached hydrogens (tertiary/aromatic N) is 2. The molecule has 27 heavy (non-hydrogen) atoms. The van der Waals surface area contributed by atoms with Crippen molar-refractivity contribution in [3.63, 3.8) is 0 Å². The van der Waals surface area contributed by atoms with Crippen LogP contribution in [-0.2, 0) is 11.2 Å². The van der Waals surface area contributed by atoms with Gasteiger partial charge in [0.2, 0.25) is 5.91 Å². The van der Waals surface area contributed by atoms with Gasteiger partial charge in [0.25, 0.3) is 5.56 Å². The lowest BCUT2D eigenvalue weighted by Gasteiger charge is -2.34. The second kappa shape index (κ2) is 7.55. The average molecular weight is 367 g/mol. The van der Waals surface area contributed by atoms with Gasteiger partial charge in [-0.15, -0.1) is 0 Å². The number of nitrogens with one attached hydrogen (secondary N) is 1. The largest absolute Gasteiger partial charge is 0.493 e. The van der Waals surface area contributed by atoms with E-state index in [2.05, 4.69) is 9.97 Å². The van der Waals surface area contributed by atoms with Crippen LogP contribution in [0.5, 0.6) is 5.75 Å². The van der Waals surface area contributed by atoms with Crippen LogP contribution in [0.1, 0.15) is 42.3 Å². The lowest BCUT2D eigenvalue weighted by atomic mass is 9.90. The number of likely N-dealkylation sites (tertiary alicyclic amines) is 1. The zero-order valence-corrected chi connectivity index (χ0v) is 15.6. The van der Waals surface area contributed by atoms with Gasteiger partial charge in [0.15, 0.2) is 0 Å². The zero-order valence-electron chi connectivity index (χ0n) is 15.6. The Kier molecular flexibility index (Phi) is 4.97. The maximum Gasteiger partial charge on any atom is 0.251 e. The van der Waals surface area contributed by atoms with E-state index in [1.165, 1.54) is 0 Å². The first-order chi connectivity index (χ1) is 13.1. The van der Waals surface area contributed by atoms with Crippen LogP contribution in [-0.4, -0.2) is 40.5 Å². The summed E-state index contributed by atoms with van der Waals surface area (Å²) in [6.45, 7) is 3.82. The van der Waals surface area contributed by atoms with Crippen LogP contribution in [0.15, 0.2) is 35.1 Å². The second-order valence-electron chi connectivity index (χ2n) is 7.50. The molecule has 0 bridgehead atoms. The number of ether oxygens (including phenoxy) is 1. The van der Waals surface area contributed by atoms with E-state index >= 15 is 0 Å². The summed E-state index contributed by atoms with van der Waals surface area (Å²) >= 11 is 0. The van der Waals surface area contributed by atoms with Crippen molar-refractivity contribution in [3.05, 3.63) is 57.8 Å². The number of benzene rings is 1. The van der Waals surface area contributed by atoms with E-state index in [0.717, 1.165) is 55.8 Å². The van der Waals surface area contributed by atoms with Gasteiger partial charge in [0.1, 0.15) is 11.6 Å². The first-order valence-electron chi connectivity index (χ1n) is 9.67. The zero-order chi connectivity index (χ0) is 18.8. The SMILES string of the molecule is Cc1nc(C2CCN(C(=O)[C@@H]3CCOc4ccccc4C3)CC2)cc(=O)[nH]1. The highest BCUT2D eigenvalue weighted by molar-refractivity contribution is 5.79. The molecule has 2 aliphatic heterocycles. The number of amides is 1. The molecule has 0 unspecified atom stereocenters. The average Bonchev–Trinajstić information content (AvgIpc) is 2.89. The van der Waals surface area contributed by atoms with Crippen LogP contribution in [0.3, 0.4) is 0 Å². The standard InChI is InChI=1S/C21H25N3O3/c1-14-22-18(13-20(25)23-14)15-6-9-24(10-7-15)21(26)17-8-11-27-19-5-3-2-4-16(19)12-17/h2-5,13,15,17H,6-12H2,1H3,(H,22,23,25)/t17-/m1/s1. The number of aromatic nitrogens is 2. The molecule has 2 aromatic rings. The van der Waals surface area contributed by atoms with Crippen LogP contribution >= 0.6 is 0 Å². The van der Waals surface area contributed by atoms with Crippen LogP contribution in [0.2, 0.25) is 0 Å². The summed E-state index contributed by atoms with van der Waals surface area (Å²) in [5.41, 5.74) is 1.86. The Morgan fingerprint density at radius 2 is 2.00 bits per heavy atom. The molecule has 0 radical (unpaired) electrons. The van der Waals surface area contributed by atoms with Crippen LogP contribution in [0.4, 0.5) is 0 Å². The van der Waals surface area contributed by atoms with E-state index in [-0.39, 0.29) is 23.3 Å². The second-order valence-corrected chi connectivity index (χ2v) is 7.50. The van der Waals surface area contributed by atoms with Crippen LogP contribution < -0.4 is 10.3 Å². The predicted octanol–water partition coefficient (Wildman–Crippen LogP) is 2.43. The lowest BCUT2D eigenvalue weighted by Crippen LogP contribution is -2.42. The number of fused-ring (bicyclic) bond motifs is 1. The Labute approximate surface area is 158 Å². The van der Waals surface area contributed by atoms with Gasteiger partial charge in [-0.3, -0.25) is 9.59 Å². The number of hydrogen-bond donors (Lipinski definition) is 1. The summed E-state index contributed by atoms with van der Waals surface area (Å²) in [4.78, 5) is 33.9. The summed E-state index contributed by atoms with van der Waals surface area (Å²) in [6, 6.07) is 9.58. The molecule has 1 fully saturated rings. The highest BCUT2D eigenvalue weighted by atomic mass is 16.5. The van der Waals surface area contributed by atoms with Crippen molar-refractivity contribution >= 4 is 5.91 Å². The fraction of sp³-hybridized carbons (Fsp3) is 0.476. The number of carbonyl (C=O) groups is 1. The van der Waals surface area contributed by atoms with Gasteiger partial charge >= 0.3 is 0 Å². The van der Waals surface area contributed by atoms with Crippen molar-refractivity contribution in [2.75, 3.05) is 19.7 Å². The molecule has 1 amide bonds. The van der Waals surface area contributed by atoms with E-state index in [1.54, 1.807) is 13.0 Å². The van der Waals surface area contributed by atoms with Gasteiger partial charge in [0, 0.05) is 31.0 Å². The van der Waals surface area contributed by atoms with Gasteiger partial charge < -0.3 is 14.6 Å². The lowest BCUT2D eigenvalue weighted by molar-refractivity contribution is -0.137. The molecule has 1 aromatic heterocycles. The summed E-state index contributed by atoms with van der Waals surface area (Å²) in [7, 11) is 0. The molecular weight excluding hydrogens is 342 g/mol. The van der Waals surface area contributed by atoms with E-state index < -0.39 is 0 Å². The third kappa shape index (κ3) is 3.89. The maximum atomic E-state index is 13.1. The molecule has 0 spiro atoms. The number of aromatic amines is 1. The Morgan fingerprint density at radius 3 is 2.78 bits per heavy atom. The highest BCUT2D eigenvalue weighted by Gasteiger charge is 2.31. The number of piperidine rings is 1. The summed E-state index contributed by atoms with van der Waals surface area (Å²) in [5.74, 6) is 2.00. The third-order valence-corrected chi connectivity index (χ3v) is 5.62. The van der Waals surface area contributed by atoms with E-state index in [1.807, 2.05) is 29.2 Å². The van der Waals surface area contributed by atoms with Gasteiger partial charge in [-0.2, -0.15) is 0 Å². The fourth-order valence-corrected chi connectivity index (χ4v) is 4.17. The molecule has 6 heteroatoms. The molecule has 1 saturated heterocycles. The molecule has 142 valence electrons. The molecular formula is C21H25N3O3. The monoisotopic (exact) mass is 367 g/mol. The van der Waals surface area contributed by atoms with E-state index in [0.29, 0.717) is 12.4 Å². The Hall–Kier alpha value is -2.63. The number of rotatable bonds is 2. The summed E-state index contributed by atoms with van der Waals surface area (Å²) in [5, 5.41) is 0. The molecule has 1 N–H and O–H groups in total. The topological polar surface area (TPSA) is 75.3 Å². The summed E-state index contributed by atoms with van der Waals surface area (Å²) in [6.07, 6.45) is 3.19. The summed E-state index contributed by atoms with van der Waals surface area (Å²) < 4.78 is 5.80. The van der Waals surface area contributed by atoms with Gasteiger partial charge in [-0.05, 0) is 44.2 Å². The van der Waals surface area contributed by atoms with E-state index in [4.69, 9.17) is 4.74 Å². The molecule has 6 nitrogen and oxygen atoms in total. The van der Waals surface area contributed by atoms with Gasteiger partial charge in [-0.25, -0.2) is 4.98 Å². The van der Waals surface area contributed by atoms with Crippen molar-refractivity contribution in [2.45, 2.75) is 38.5 Å². The first-order valence-corrected chi connectivity index (χ1v) is 9.67. The van der Waals surface area contributed by atoms with E-state index in [9.17, 15) is 9.59 Å². The number of H-pyrrole nitrogens is 1. The minimum Gasteiger partial charge on any atom is -0.493 e. The van der Waals surface area contributed by atoms with Crippen molar-refractivity contribution in [1.82, 2.24) is 14.9 Å². The van der Waals surface area contributed by atoms with Gasteiger partial charge in [-0.1, -0.05) is 18.2 Å². The highest BCUT2D eigenvalue weighted by Crippen LogP contribution is 2.30. The quantitative estimate of drug-likeness (QED) is 0.885. The molecule has 0 saturated carbocycles. The Balaban J connectivity index is 1.40. The Morgan fingerprint density at radius 1 is 1.22 bits per heavy atom. The van der Waals surface area contributed by atoms with Gasteiger partial charge in [0.05, 0.1) is 12.3 Å². The molecule has 3 heterocycles. The Bertz CT molecular complexity index is 884. The molecule has 4 rings (SSSR count). The minimum absolute atomic E-state index is 0.0230. The van der Waals surface area contributed by atoms with Crippen LogP contribution in [0, 0.1) is 12.8 Å². The van der Waals surface area contributed by atoms with Crippen molar-refractivity contribution in [1.29, 1.82) is 0 Å². The van der Waals surface area contributed by atoms with Crippen molar-refractivity contribution < 1.29 is 9.53 Å². The molecule has 2 aliphatic rings. The number of carbonyl (C=O) groups excluding carboxylic acids is 1. The predicted molar refractivity (Wildman–Crippen MR) is 102 cm³/mol. The van der Waals surface area contributed by atoms with Crippen molar-refractivity contribution in [2.24, 2.45) is 5.92 Å². The maximum absolute atomic E-state index is 13.1. The fourth-order valence-electron chi connectivity index (χ4n) is 4.17. The normalized spacial score (nSPS) is 20.5. The van der Waals surface area contributed by atoms with Crippen molar-refractivity contribution in [3.8, 4) is 5.75 Å². The minimum atomic E-state index is -0.104. The number of hydrogen-bond acceptors (Lipinski definition) is 4. The number of aryl methyl sites for hydroxylation is 1. The number of para-hydroxylation sites is 1.